The predicted molar refractivity (Wildman–Crippen MR) is 11.5 cm³/mol. The maximum absolute atomic E-state index is 0. The van der Waals surface area contributed by atoms with E-state index in [1.54, 1.807) is 0 Å². The van der Waals surface area contributed by atoms with Gasteiger partial charge in [0.15, 0.2) is 0 Å². The van der Waals surface area contributed by atoms with Gasteiger partial charge in [-0.15, -0.1) is 0 Å². The van der Waals surface area contributed by atoms with E-state index in [0.717, 1.165) is 0 Å². The summed E-state index contributed by atoms with van der Waals surface area (Å²) in [5, 5.41) is 0. The molecule has 0 aromatic heterocycles. The van der Waals surface area contributed by atoms with Crippen molar-refractivity contribution in [3.05, 3.63) is 0 Å². The van der Waals surface area contributed by atoms with Crippen LogP contribution in [0, 0.1) is 0 Å². The van der Waals surface area contributed by atoms with Crippen LogP contribution in [0.1, 0.15) is 0 Å². The van der Waals surface area contributed by atoms with Gasteiger partial charge in [0.1, 0.15) is 0 Å². The molecule has 0 aliphatic carbocycles. The molecule has 7 heteroatoms. The van der Waals surface area contributed by atoms with Gasteiger partial charge in [-0.1, -0.05) is 0 Å². The van der Waals surface area contributed by atoms with Crippen LogP contribution in [0.2, 0.25) is 0 Å². The molecule has 0 bridgehead atoms. The van der Waals surface area contributed by atoms with Crippen LogP contribution in [0.5, 0.6) is 0 Å². The van der Waals surface area contributed by atoms with E-state index in [4.69, 9.17) is 0 Å². The molecule has 0 aromatic rings. The summed E-state index contributed by atoms with van der Waals surface area (Å²) in [7, 11) is 0. The number of hydrogen-bond donors (Lipinski definition) is 0. The van der Waals surface area contributed by atoms with E-state index in [1.165, 1.54) is 0 Å². The summed E-state index contributed by atoms with van der Waals surface area (Å²) < 4.78 is 0. The predicted octanol–water partition coefficient (Wildman–Crippen LogP) is -15.7. The molecule has 0 radical (unpaired) electrons. The van der Waals surface area contributed by atoms with E-state index in [2.05, 4.69) is 0 Å². The van der Waals surface area contributed by atoms with Crippen molar-refractivity contribution < 1.29 is 23.5 Å². The zero-order chi connectivity index (χ0) is 0. The summed E-state index contributed by atoms with van der Waals surface area (Å²) in [5.74, 6) is 0. The van der Waals surface area contributed by atoms with Crippen LogP contribution in [0.15, 0.2) is 0 Å². The van der Waals surface area contributed by atoms with E-state index < -0.39 is 0 Å². The van der Waals surface area contributed by atoms with Crippen molar-refractivity contribution in [3.8, 4) is 0 Å². The van der Waals surface area contributed by atoms with E-state index in [-0.39, 0.29) is 55.0 Å². The molecule has 0 saturated carbocycles. The molecule has 0 saturated heterocycles. The Balaban J connectivity index is 0. The van der Waals surface area contributed by atoms with Crippen molar-refractivity contribution in [1.82, 2.24) is 0 Å². The Morgan fingerprint density at radius 2 is 0.429 bits per heavy atom. The van der Waals surface area contributed by atoms with E-state index >= 15 is 0 Å². The molecule has 7 heavy (non-hydrogen) atoms. The first kappa shape index (κ1) is 1360. The third-order valence-corrected chi connectivity index (χ3v) is 0. The molecule has 0 aliphatic heterocycles. The van der Waals surface area contributed by atoms with Crippen molar-refractivity contribution in [1.29, 1.82) is 0 Å². The van der Waals surface area contributed by atoms with Gasteiger partial charge >= 0.3 is 31.5 Å². The largest absolute Gasteiger partial charge is 3.00 e. The van der Waals surface area contributed by atoms with E-state index in [1.807, 2.05) is 0 Å². The normalized spacial score (nSPS) is 0. The first-order valence-electron chi connectivity index (χ1n) is 0. The molecule has 0 N–H and O–H groups in total. The van der Waals surface area contributed by atoms with Gasteiger partial charge in [-0.2, -0.15) is 0 Å². The second-order valence-corrected chi connectivity index (χ2v) is 0. The Kier molecular flexibility index (Phi) is 163000. The quantitative estimate of drug-likeness (QED) is 0.226. The minimum Gasteiger partial charge on any atom is -1.00 e. The maximum atomic E-state index is 0. The van der Waals surface area contributed by atoms with Crippen molar-refractivity contribution in [2.45, 2.75) is 0 Å². The third-order valence-electron chi connectivity index (χ3n) is 0. The number of hydrogen-bond acceptors (Lipinski definition) is 0. The molecule has 0 unspecified atom stereocenters. The Hall–Kier alpha value is 0.481. The molecule has 0 aromatic carbocycles. The van der Waals surface area contributed by atoms with Gasteiger partial charge < -0.3 is 23.5 Å². The maximum Gasteiger partial charge on any atom is 3.00 e. The zero-order valence-electron chi connectivity index (χ0n) is 3.17. The molecular formula is BF5Mg. The van der Waals surface area contributed by atoms with Crippen LogP contribution in [0.3, 0.4) is 0 Å². The minimum atomic E-state index is 0. The number of rotatable bonds is 0. The van der Waals surface area contributed by atoms with Gasteiger partial charge in [-0.3, -0.25) is 0 Å². The Morgan fingerprint density at radius 3 is 0.429 bits per heavy atom. The van der Waals surface area contributed by atoms with Gasteiger partial charge in [0.25, 0.3) is 0 Å². The fourth-order valence-electron chi connectivity index (χ4n) is 0. The van der Waals surface area contributed by atoms with Crippen LogP contribution in [0.4, 0.5) is 0 Å². The fraction of sp³-hybridized carbons (Fsp3) is 0. The Morgan fingerprint density at radius 1 is 0.429 bits per heavy atom. The molecule has 0 fully saturated rings. The standard InChI is InChI=1S/B.5FH.Mg/h;5*1H;/q+3;;;;;;+2/p-5. The molecule has 0 aliphatic rings. The topological polar surface area (TPSA) is 0 Å². The third kappa shape index (κ3) is 562. The Bertz CT molecular complexity index is 8.04. The van der Waals surface area contributed by atoms with Crippen LogP contribution < -0.4 is 23.5 Å². The SMILES string of the molecule is [B+3].[F-].[F-].[F-].[F-].[F-].[Mg+2]. The van der Waals surface area contributed by atoms with Crippen LogP contribution >= 0.6 is 0 Å². The summed E-state index contributed by atoms with van der Waals surface area (Å²) >= 11 is 0. The van der Waals surface area contributed by atoms with Gasteiger partial charge in [-0.25, -0.2) is 0 Å². The minimum absolute atomic E-state index is 0. The zero-order valence-corrected chi connectivity index (χ0v) is 4.59. The summed E-state index contributed by atoms with van der Waals surface area (Å²) in [4.78, 5) is 0. The average Bonchev–Trinajstić information content (AvgIpc) is 0. The van der Waals surface area contributed by atoms with Crippen molar-refractivity contribution in [3.63, 3.8) is 0 Å². The molecule has 0 atom stereocenters. The molecule has 0 rings (SSSR count). The summed E-state index contributed by atoms with van der Waals surface area (Å²) in [5.41, 5.74) is 0. The van der Waals surface area contributed by atoms with Crippen molar-refractivity contribution in [2.24, 2.45) is 0 Å². The molecule has 0 nitrogen and oxygen atoms in total. The first-order chi connectivity index (χ1) is 0. The molecular weight excluding hydrogens is 130 g/mol. The molecule has 0 spiro atoms. The summed E-state index contributed by atoms with van der Waals surface area (Å²) in [6.45, 7) is 0. The van der Waals surface area contributed by atoms with Crippen molar-refractivity contribution >= 4 is 31.5 Å². The van der Waals surface area contributed by atoms with Crippen LogP contribution in [-0.2, 0) is 0 Å². The van der Waals surface area contributed by atoms with E-state index in [9.17, 15) is 0 Å². The first-order valence-corrected chi connectivity index (χ1v) is 0. The molecule has 0 heterocycles. The number of halogens is 5. The van der Waals surface area contributed by atoms with Crippen molar-refractivity contribution in [2.75, 3.05) is 0 Å². The summed E-state index contributed by atoms with van der Waals surface area (Å²) in [6, 6.07) is 0. The van der Waals surface area contributed by atoms with Crippen LogP contribution in [-0.4, -0.2) is 31.5 Å². The fourth-order valence-corrected chi connectivity index (χ4v) is 0. The second kappa shape index (κ2) is 841. The second-order valence-electron chi connectivity index (χ2n) is 0. The Labute approximate surface area is 55.6 Å². The van der Waals surface area contributed by atoms with Gasteiger partial charge in [-0.05, 0) is 0 Å². The van der Waals surface area contributed by atoms with E-state index in [0.29, 0.717) is 0 Å². The van der Waals surface area contributed by atoms with Gasteiger partial charge in [0.05, 0.1) is 0 Å². The van der Waals surface area contributed by atoms with Gasteiger partial charge in [0.2, 0.25) is 0 Å². The smallest absolute Gasteiger partial charge is 1.00 e. The summed E-state index contributed by atoms with van der Waals surface area (Å²) in [6.07, 6.45) is 0. The average molecular weight is 130 g/mol. The molecule has 40 valence electrons. The van der Waals surface area contributed by atoms with Crippen LogP contribution in [0.25, 0.3) is 0 Å². The monoisotopic (exact) mass is 130 g/mol. The molecule has 0 amide bonds. The van der Waals surface area contributed by atoms with Gasteiger partial charge in [0, 0.05) is 0 Å².